The quantitative estimate of drug-likeness (QED) is 0.873. The number of hydrogen-bond donors (Lipinski definition) is 1. The molecule has 2 aliphatic heterocycles. The van der Waals surface area contributed by atoms with Gasteiger partial charge in [-0.25, -0.2) is 4.98 Å². The standard InChI is InChI=1S/C16H25N3O3S/c1-11-14(23-10-17-11)8-19-6-12-4-3-5-22-16(12)13(7-19)18-15(20)9-21-2/h10,12-13,16H,3-9H2,1-2H3,(H,18,20)/t12-,13+,16-/m0/s1. The number of hydrogen-bond acceptors (Lipinski definition) is 6. The number of piperidine rings is 1. The smallest absolute Gasteiger partial charge is 0.246 e. The van der Waals surface area contributed by atoms with Gasteiger partial charge in [0.25, 0.3) is 0 Å². The van der Waals surface area contributed by atoms with Gasteiger partial charge in [-0.1, -0.05) is 0 Å². The van der Waals surface area contributed by atoms with E-state index in [0.29, 0.717) is 5.92 Å². The van der Waals surface area contributed by atoms with Crippen LogP contribution >= 0.6 is 11.3 Å². The van der Waals surface area contributed by atoms with E-state index in [2.05, 4.69) is 22.1 Å². The van der Waals surface area contributed by atoms with Crippen LogP contribution in [0.25, 0.3) is 0 Å². The molecule has 3 heterocycles. The molecular formula is C16H25N3O3S. The predicted octanol–water partition coefficient (Wildman–Crippen LogP) is 1.19. The Bertz CT molecular complexity index is 536. The van der Waals surface area contributed by atoms with E-state index in [1.807, 2.05) is 5.51 Å². The maximum atomic E-state index is 11.9. The molecule has 2 saturated heterocycles. The number of methoxy groups -OCH3 is 1. The Balaban J connectivity index is 1.68. The number of fused-ring (bicyclic) bond motifs is 1. The zero-order valence-corrected chi connectivity index (χ0v) is 14.6. The Morgan fingerprint density at radius 2 is 2.43 bits per heavy atom. The summed E-state index contributed by atoms with van der Waals surface area (Å²) in [6, 6.07) is 0.0323. The first kappa shape index (κ1) is 16.8. The van der Waals surface area contributed by atoms with Gasteiger partial charge in [-0.15, -0.1) is 11.3 Å². The summed E-state index contributed by atoms with van der Waals surface area (Å²) in [5.41, 5.74) is 3.01. The minimum absolute atomic E-state index is 0.0323. The van der Waals surface area contributed by atoms with Gasteiger partial charge in [0.15, 0.2) is 0 Å². The predicted molar refractivity (Wildman–Crippen MR) is 88.4 cm³/mol. The van der Waals surface area contributed by atoms with E-state index < -0.39 is 0 Å². The molecule has 6 nitrogen and oxygen atoms in total. The van der Waals surface area contributed by atoms with E-state index >= 15 is 0 Å². The van der Waals surface area contributed by atoms with E-state index in [-0.39, 0.29) is 24.7 Å². The van der Waals surface area contributed by atoms with Crippen LogP contribution in [0.4, 0.5) is 0 Å². The van der Waals surface area contributed by atoms with Crippen LogP contribution in [0.3, 0.4) is 0 Å². The summed E-state index contributed by atoms with van der Waals surface area (Å²) in [6.07, 6.45) is 2.40. The van der Waals surface area contributed by atoms with Gasteiger partial charge in [0.05, 0.1) is 23.4 Å². The number of carbonyl (C=O) groups excluding carboxylic acids is 1. The molecule has 0 aromatic carbocycles. The van der Waals surface area contributed by atoms with E-state index in [9.17, 15) is 4.79 Å². The number of ether oxygens (including phenoxy) is 2. The lowest BCUT2D eigenvalue weighted by Gasteiger charge is -2.46. The van der Waals surface area contributed by atoms with Crippen molar-refractivity contribution in [2.45, 2.75) is 38.5 Å². The molecule has 1 N–H and O–H groups in total. The number of nitrogens with one attached hydrogen (secondary N) is 1. The average molecular weight is 339 g/mol. The second-order valence-corrected chi connectivity index (χ2v) is 7.34. The summed E-state index contributed by atoms with van der Waals surface area (Å²) in [5.74, 6) is 0.416. The third-order valence-corrected chi connectivity index (χ3v) is 5.59. The summed E-state index contributed by atoms with van der Waals surface area (Å²) in [5, 5.41) is 3.10. The summed E-state index contributed by atoms with van der Waals surface area (Å²) < 4.78 is 10.9. The van der Waals surface area contributed by atoms with Gasteiger partial charge in [0.1, 0.15) is 6.61 Å². The normalized spacial score (nSPS) is 28.3. The van der Waals surface area contributed by atoms with Crippen LogP contribution < -0.4 is 5.32 Å². The molecule has 3 atom stereocenters. The van der Waals surface area contributed by atoms with E-state index in [4.69, 9.17) is 9.47 Å². The van der Waals surface area contributed by atoms with Gasteiger partial charge in [-0.05, 0) is 25.7 Å². The molecule has 2 aliphatic rings. The van der Waals surface area contributed by atoms with Crippen molar-refractivity contribution in [1.82, 2.24) is 15.2 Å². The first-order chi connectivity index (χ1) is 11.2. The number of rotatable bonds is 5. The van der Waals surface area contributed by atoms with E-state index in [1.165, 1.54) is 11.3 Å². The molecule has 1 aromatic rings. The van der Waals surface area contributed by atoms with Crippen molar-refractivity contribution >= 4 is 17.2 Å². The number of nitrogens with zero attached hydrogens (tertiary/aromatic N) is 2. The highest BCUT2D eigenvalue weighted by atomic mass is 32.1. The van der Waals surface area contributed by atoms with Gasteiger partial charge in [-0.3, -0.25) is 9.69 Å². The van der Waals surface area contributed by atoms with Crippen molar-refractivity contribution < 1.29 is 14.3 Å². The summed E-state index contributed by atoms with van der Waals surface area (Å²) in [7, 11) is 1.54. The summed E-state index contributed by atoms with van der Waals surface area (Å²) in [6.45, 7) is 5.69. The second-order valence-electron chi connectivity index (χ2n) is 6.40. The Labute approximate surface area is 141 Å². The summed E-state index contributed by atoms with van der Waals surface area (Å²) >= 11 is 1.70. The third-order valence-electron chi connectivity index (χ3n) is 4.67. The number of aromatic nitrogens is 1. The molecule has 0 saturated carbocycles. The highest BCUT2D eigenvalue weighted by molar-refractivity contribution is 7.09. The van der Waals surface area contributed by atoms with Crippen molar-refractivity contribution in [3.05, 3.63) is 16.1 Å². The van der Waals surface area contributed by atoms with Crippen molar-refractivity contribution in [2.75, 3.05) is 33.4 Å². The van der Waals surface area contributed by atoms with E-state index in [0.717, 1.165) is 38.4 Å². The second kappa shape index (κ2) is 7.70. The van der Waals surface area contributed by atoms with Crippen LogP contribution in [0.1, 0.15) is 23.4 Å². The molecule has 0 spiro atoms. The van der Waals surface area contributed by atoms with Crippen LogP contribution in [0.5, 0.6) is 0 Å². The topological polar surface area (TPSA) is 63.7 Å². The fourth-order valence-corrected chi connectivity index (χ4v) is 4.43. The first-order valence-electron chi connectivity index (χ1n) is 8.18. The molecule has 0 radical (unpaired) electrons. The SMILES string of the molecule is COCC(=O)N[C@@H]1CN(Cc2scnc2C)C[C@@H]2CCCO[C@@H]21. The maximum absolute atomic E-state index is 11.9. The first-order valence-corrected chi connectivity index (χ1v) is 9.06. The minimum atomic E-state index is -0.0683. The van der Waals surface area contributed by atoms with Gasteiger partial charge < -0.3 is 14.8 Å². The van der Waals surface area contributed by atoms with Crippen molar-refractivity contribution in [3.63, 3.8) is 0 Å². The molecule has 1 aromatic heterocycles. The lowest BCUT2D eigenvalue weighted by molar-refractivity contribution is -0.131. The molecule has 3 rings (SSSR count). The molecule has 23 heavy (non-hydrogen) atoms. The Hall–Kier alpha value is -1.02. The minimum Gasteiger partial charge on any atom is -0.376 e. The zero-order chi connectivity index (χ0) is 16.2. The Morgan fingerprint density at radius 1 is 1.57 bits per heavy atom. The largest absolute Gasteiger partial charge is 0.376 e. The molecule has 0 bridgehead atoms. The fraction of sp³-hybridized carbons (Fsp3) is 0.750. The summed E-state index contributed by atoms with van der Waals surface area (Å²) in [4.78, 5) is 20.0. The molecule has 1 amide bonds. The van der Waals surface area contributed by atoms with Crippen molar-refractivity contribution in [2.24, 2.45) is 5.92 Å². The fourth-order valence-electron chi connectivity index (χ4n) is 3.61. The van der Waals surface area contributed by atoms with Gasteiger partial charge in [0, 0.05) is 38.2 Å². The third kappa shape index (κ3) is 4.09. The van der Waals surface area contributed by atoms with Crippen LogP contribution in [0, 0.1) is 12.8 Å². The monoisotopic (exact) mass is 339 g/mol. The Morgan fingerprint density at radius 3 is 3.17 bits per heavy atom. The van der Waals surface area contributed by atoms with Gasteiger partial charge in [0.2, 0.25) is 5.91 Å². The maximum Gasteiger partial charge on any atom is 0.246 e. The molecule has 128 valence electrons. The number of aryl methyl sites for hydroxylation is 1. The lowest BCUT2D eigenvalue weighted by atomic mass is 9.85. The van der Waals surface area contributed by atoms with Gasteiger partial charge >= 0.3 is 0 Å². The molecular weight excluding hydrogens is 314 g/mol. The highest BCUT2D eigenvalue weighted by Crippen LogP contribution is 2.30. The van der Waals surface area contributed by atoms with Crippen molar-refractivity contribution in [1.29, 1.82) is 0 Å². The van der Waals surface area contributed by atoms with Crippen LogP contribution in [0.15, 0.2) is 5.51 Å². The van der Waals surface area contributed by atoms with Crippen LogP contribution in [0.2, 0.25) is 0 Å². The number of amides is 1. The van der Waals surface area contributed by atoms with Crippen LogP contribution in [-0.2, 0) is 20.8 Å². The van der Waals surface area contributed by atoms with E-state index in [1.54, 1.807) is 18.4 Å². The molecule has 0 unspecified atom stereocenters. The molecule has 0 aliphatic carbocycles. The zero-order valence-electron chi connectivity index (χ0n) is 13.8. The van der Waals surface area contributed by atoms with Crippen molar-refractivity contribution in [3.8, 4) is 0 Å². The van der Waals surface area contributed by atoms with Gasteiger partial charge in [-0.2, -0.15) is 0 Å². The number of thiazole rings is 1. The Kier molecular flexibility index (Phi) is 5.63. The van der Waals surface area contributed by atoms with Crippen LogP contribution in [-0.4, -0.2) is 61.3 Å². The highest BCUT2D eigenvalue weighted by Gasteiger charge is 2.40. The molecule has 2 fully saturated rings. The molecule has 7 heteroatoms. The number of carbonyl (C=O) groups is 1. The average Bonchev–Trinajstić information content (AvgIpc) is 2.93. The number of likely N-dealkylation sites (tertiary alicyclic amines) is 1. The lowest BCUT2D eigenvalue weighted by Crippen LogP contribution is -2.61.